The Morgan fingerprint density at radius 3 is 2.69 bits per heavy atom. The molecular weight excluding hydrogens is 430 g/mol. The molecule has 0 saturated carbocycles. The highest BCUT2D eigenvalue weighted by atomic mass is 32.1. The zero-order chi connectivity index (χ0) is 22.5. The molecule has 1 N–H and O–H groups in total. The number of hydrogen-bond donors (Lipinski definition) is 1. The molecule has 0 bridgehead atoms. The van der Waals surface area contributed by atoms with Crippen molar-refractivity contribution in [3.63, 3.8) is 0 Å². The third kappa shape index (κ3) is 4.52. The van der Waals surface area contributed by atoms with Crippen LogP contribution in [0, 0.1) is 0 Å². The van der Waals surface area contributed by atoms with Crippen LogP contribution in [0.3, 0.4) is 0 Å². The smallest absolute Gasteiger partial charge is 0.338 e. The molecule has 0 saturated heterocycles. The lowest BCUT2D eigenvalue weighted by Gasteiger charge is -2.08. The number of carbonyl (C=O) groups excluding carboxylic acids is 2. The zero-order valence-corrected chi connectivity index (χ0v) is 18.1. The third-order valence-electron chi connectivity index (χ3n) is 4.46. The lowest BCUT2D eigenvalue weighted by Crippen LogP contribution is -2.21. The normalized spacial score (nSPS) is 11.4. The molecule has 2 aromatic carbocycles. The van der Waals surface area contributed by atoms with Crippen molar-refractivity contribution in [3.05, 3.63) is 76.8 Å². The standard InChI is InChI=1S/C23H19N3O5S/c1-3-30-22(28)14-7-9-16(10-8-14)25-21-17(20(27)26-23-24-11-12-32-23)13-15-5-4-6-18(29-2)19(15)31-21/h4-13H,3H2,1-2H3,(H,24,26,27). The van der Waals surface area contributed by atoms with Crippen LogP contribution in [0.15, 0.2) is 69.5 Å². The number of carbonyl (C=O) groups is 2. The number of amides is 1. The minimum atomic E-state index is -0.414. The Labute approximate surface area is 187 Å². The highest BCUT2D eigenvalue weighted by Crippen LogP contribution is 2.25. The Hall–Kier alpha value is -3.98. The van der Waals surface area contributed by atoms with Crippen LogP contribution in [0.2, 0.25) is 0 Å². The van der Waals surface area contributed by atoms with Gasteiger partial charge in [0, 0.05) is 17.0 Å². The summed E-state index contributed by atoms with van der Waals surface area (Å²) in [6, 6.07) is 13.6. The first-order chi connectivity index (χ1) is 15.6. The van der Waals surface area contributed by atoms with E-state index in [0.717, 1.165) is 0 Å². The van der Waals surface area contributed by atoms with E-state index in [2.05, 4.69) is 15.3 Å². The summed E-state index contributed by atoms with van der Waals surface area (Å²) in [7, 11) is 1.54. The van der Waals surface area contributed by atoms with Crippen molar-refractivity contribution in [3.8, 4) is 5.75 Å². The molecule has 0 spiro atoms. The average Bonchev–Trinajstić information content (AvgIpc) is 3.32. The molecule has 0 aliphatic rings. The molecule has 0 fully saturated rings. The fourth-order valence-corrected chi connectivity index (χ4v) is 3.51. The summed E-state index contributed by atoms with van der Waals surface area (Å²) < 4.78 is 16.4. The van der Waals surface area contributed by atoms with Crippen LogP contribution >= 0.6 is 11.3 Å². The number of fused-ring (bicyclic) bond motifs is 1. The second-order valence-corrected chi connectivity index (χ2v) is 7.41. The predicted octanol–water partition coefficient (Wildman–Crippen LogP) is 4.56. The summed E-state index contributed by atoms with van der Waals surface area (Å²) in [5, 5.41) is 5.67. The molecule has 1 amide bonds. The van der Waals surface area contributed by atoms with Crippen molar-refractivity contribution in [2.45, 2.75) is 6.92 Å². The van der Waals surface area contributed by atoms with Gasteiger partial charge in [-0.2, -0.15) is 0 Å². The Balaban J connectivity index is 1.81. The quantitative estimate of drug-likeness (QED) is 0.433. The number of methoxy groups -OCH3 is 1. The molecule has 32 heavy (non-hydrogen) atoms. The summed E-state index contributed by atoms with van der Waals surface area (Å²) in [5.74, 6) is -0.304. The highest BCUT2D eigenvalue weighted by molar-refractivity contribution is 7.13. The monoisotopic (exact) mass is 449 g/mol. The molecule has 4 rings (SSSR count). The first kappa shape index (κ1) is 21.3. The van der Waals surface area contributed by atoms with Gasteiger partial charge in [-0.25, -0.2) is 14.8 Å². The number of anilines is 1. The number of rotatable bonds is 6. The zero-order valence-electron chi connectivity index (χ0n) is 17.3. The van der Waals surface area contributed by atoms with Crippen LogP contribution in [-0.4, -0.2) is 30.6 Å². The minimum Gasteiger partial charge on any atom is -0.493 e. The maximum Gasteiger partial charge on any atom is 0.338 e. The number of esters is 1. The lowest BCUT2D eigenvalue weighted by molar-refractivity contribution is 0.0526. The van der Waals surface area contributed by atoms with Gasteiger partial charge in [-0.05, 0) is 43.3 Å². The largest absolute Gasteiger partial charge is 0.493 e. The first-order valence-corrected chi connectivity index (χ1v) is 10.6. The van der Waals surface area contributed by atoms with E-state index in [1.165, 1.54) is 18.4 Å². The molecule has 0 aliphatic carbocycles. The van der Waals surface area contributed by atoms with E-state index >= 15 is 0 Å². The van der Waals surface area contributed by atoms with Crippen molar-refractivity contribution in [1.29, 1.82) is 0 Å². The van der Waals surface area contributed by atoms with E-state index in [0.29, 0.717) is 39.7 Å². The second kappa shape index (κ2) is 9.44. The molecule has 8 nitrogen and oxygen atoms in total. The van der Waals surface area contributed by atoms with E-state index in [9.17, 15) is 9.59 Å². The van der Waals surface area contributed by atoms with Gasteiger partial charge >= 0.3 is 5.97 Å². The van der Waals surface area contributed by atoms with E-state index in [1.807, 2.05) is 12.1 Å². The molecule has 9 heteroatoms. The number of thiazole rings is 1. The number of nitrogens with zero attached hydrogens (tertiary/aromatic N) is 2. The van der Waals surface area contributed by atoms with Crippen LogP contribution < -0.4 is 15.6 Å². The van der Waals surface area contributed by atoms with Crippen molar-refractivity contribution in [2.75, 3.05) is 19.0 Å². The highest BCUT2D eigenvalue weighted by Gasteiger charge is 2.16. The van der Waals surface area contributed by atoms with Gasteiger partial charge in [-0.15, -0.1) is 11.3 Å². The predicted molar refractivity (Wildman–Crippen MR) is 120 cm³/mol. The summed E-state index contributed by atoms with van der Waals surface area (Å²) >= 11 is 1.31. The van der Waals surface area contributed by atoms with Gasteiger partial charge in [0.2, 0.25) is 5.55 Å². The van der Waals surface area contributed by atoms with Crippen molar-refractivity contribution < 1.29 is 23.5 Å². The Morgan fingerprint density at radius 1 is 1.19 bits per heavy atom. The Morgan fingerprint density at radius 2 is 2.00 bits per heavy atom. The number of nitrogens with one attached hydrogen (secondary N) is 1. The van der Waals surface area contributed by atoms with Gasteiger partial charge in [-0.1, -0.05) is 12.1 Å². The van der Waals surface area contributed by atoms with Gasteiger partial charge in [0.25, 0.3) is 5.91 Å². The minimum absolute atomic E-state index is 0.0972. The third-order valence-corrected chi connectivity index (χ3v) is 5.15. The first-order valence-electron chi connectivity index (χ1n) is 9.72. The van der Waals surface area contributed by atoms with Crippen molar-refractivity contribution in [2.24, 2.45) is 4.99 Å². The van der Waals surface area contributed by atoms with Crippen LogP contribution in [0.5, 0.6) is 5.75 Å². The van der Waals surface area contributed by atoms with Gasteiger partial charge in [0.1, 0.15) is 5.56 Å². The molecule has 4 aromatic rings. The summed E-state index contributed by atoms with van der Waals surface area (Å²) in [5.41, 5.74) is 1.70. The molecule has 0 unspecified atom stereocenters. The van der Waals surface area contributed by atoms with E-state index in [4.69, 9.17) is 13.9 Å². The molecule has 2 aromatic heterocycles. The maximum atomic E-state index is 13.0. The van der Waals surface area contributed by atoms with Gasteiger partial charge in [0.15, 0.2) is 16.5 Å². The number of aromatic nitrogens is 1. The fraction of sp³-hybridized carbons (Fsp3) is 0.130. The van der Waals surface area contributed by atoms with E-state index in [1.54, 1.807) is 54.9 Å². The molecule has 0 aliphatic heterocycles. The molecular formula is C23H19N3O5S. The Bertz CT molecular complexity index is 1330. The maximum absolute atomic E-state index is 13.0. The van der Waals surface area contributed by atoms with Crippen LogP contribution in [0.25, 0.3) is 11.0 Å². The van der Waals surface area contributed by atoms with Crippen LogP contribution in [-0.2, 0) is 4.74 Å². The molecule has 2 heterocycles. The fourth-order valence-electron chi connectivity index (χ4n) is 2.98. The number of ether oxygens (including phenoxy) is 2. The number of para-hydroxylation sites is 1. The average molecular weight is 449 g/mol. The second-order valence-electron chi connectivity index (χ2n) is 6.51. The lowest BCUT2D eigenvalue weighted by atomic mass is 10.1. The molecule has 162 valence electrons. The van der Waals surface area contributed by atoms with Gasteiger partial charge in [0.05, 0.1) is 25.0 Å². The molecule has 0 atom stereocenters. The van der Waals surface area contributed by atoms with Crippen molar-refractivity contribution in [1.82, 2.24) is 4.98 Å². The molecule has 0 radical (unpaired) electrons. The summed E-state index contributed by atoms with van der Waals surface area (Å²) in [6.45, 7) is 2.04. The SMILES string of the molecule is CCOC(=O)c1ccc(N=c2oc3c(OC)cccc3cc2C(=O)Nc2nccs2)cc1. The van der Waals surface area contributed by atoms with Crippen LogP contribution in [0.4, 0.5) is 10.8 Å². The summed E-state index contributed by atoms with van der Waals surface area (Å²) in [6.07, 6.45) is 1.60. The van der Waals surface area contributed by atoms with Gasteiger partial charge in [-0.3, -0.25) is 10.1 Å². The van der Waals surface area contributed by atoms with E-state index in [-0.39, 0.29) is 11.1 Å². The summed E-state index contributed by atoms with van der Waals surface area (Å²) in [4.78, 5) is 33.5. The van der Waals surface area contributed by atoms with Crippen LogP contribution in [0.1, 0.15) is 27.6 Å². The number of benzene rings is 2. The Kier molecular flexibility index (Phi) is 6.27. The topological polar surface area (TPSA) is 103 Å². The van der Waals surface area contributed by atoms with E-state index < -0.39 is 11.9 Å². The van der Waals surface area contributed by atoms with Crippen molar-refractivity contribution >= 4 is 45.0 Å². The van der Waals surface area contributed by atoms with Gasteiger partial charge < -0.3 is 13.9 Å². The number of hydrogen-bond acceptors (Lipinski definition) is 8.